The molecule has 0 aliphatic heterocycles. The van der Waals surface area contributed by atoms with Gasteiger partial charge in [-0.05, 0) is 29.8 Å². The van der Waals surface area contributed by atoms with Crippen LogP contribution in [0.25, 0.3) is 0 Å². The van der Waals surface area contributed by atoms with Gasteiger partial charge in [-0.25, -0.2) is 0 Å². The number of alkyl halides is 4. The number of hydrogen-bond acceptors (Lipinski definition) is 3. The van der Waals surface area contributed by atoms with Gasteiger partial charge < -0.3 is 4.74 Å². The maximum absolute atomic E-state index is 13.0. The molecule has 7 heteroatoms. The summed E-state index contributed by atoms with van der Waals surface area (Å²) >= 11 is 5.63. The van der Waals surface area contributed by atoms with Crippen molar-refractivity contribution in [3.05, 3.63) is 53.3 Å². The third kappa shape index (κ3) is 3.64. The first-order valence-corrected chi connectivity index (χ1v) is 6.26. The molecule has 1 heterocycles. The van der Waals surface area contributed by atoms with E-state index in [0.717, 1.165) is 12.1 Å². The Morgan fingerprint density at radius 3 is 2.62 bits per heavy atom. The molecule has 3 nitrogen and oxygen atoms in total. The Morgan fingerprint density at radius 2 is 2.00 bits per heavy atom. The lowest BCUT2D eigenvalue weighted by Crippen LogP contribution is -2.07. The van der Waals surface area contributed by atoms with Crippen LogP contribution < -0.4 is 4.74 Å². The number of ether oxygens (including phenoxy) is 1. The van der Waals surface area contributed by atoms with Gasteiger partial charge in [0.15, 0.2) is 0 Å². The summed E-state index contributed by atoms with van der Waals surface area (Å²) in [6, 6.07) is 6.27. The average Bonchev–Trinajstić information content (AvgIpc) is 2.46. The summed E-state index contributed by atoms with van der Waals surface area (Å²) in [5.41, 5.74) is -0.489. The van der Waals surface area contributed by atoms with E-state index in [1.807, 2.05) is 0 Å². The van der Waals surface area contributed by atoms with Crippen LogP contribution in [0, 0.1) is 11.3 Å². The predicted molar refractivity (Wildman–Crippen MR) is 70.0 cm³/mol. The number of nitriles is 1. The van der Waals surface area contributed by atoms with Crippen LogP contribution in [0.1, 0.15) is 16.7 Å². The molecule has 1 aromatic carbocycles. The molecule has 0 radical (unpaired) electrons. The molecule has 0 unspecified atom stereocenters. The average molecular weight is 313 g/mol. The van der Waals surface area contributed by atoms with Gasteiger partial charge in [0.1, 0.15) is 11.5 Å². The molecule has 0 spiro atoms. The van der Waals surface area contributed by atoms with Gasteiger partial charge in [-0.1, -0.05) is 0 Å². The highest BCUT2D eigenvalue weighted by Gasteiger charge is 2.35. The highest BCUT2D eigenvalue weighted by atomic mass is 35.5. The smallest absolute Gasteiger partial charge is 0.420 e. The van der Waals surface area contributed by atoms with Gasteiger partial charge in [0.25, 0.3) is 0 Å². The van der Waals surface area contributed by atoms with Crippen molar-refractivity contribution >= 4 is 11.6 Å². The van der Waals surface area contributed by atoms with Crippen LogP contribution in [-0.2, 0) is 12.1 Å². The molecule has 0 N–H and O–H groups in total. The van der Waals surface area contributed by atoms with Crippen LogP contribution in [0.5, 0.6) is 11.5 Å². The standard InChI is InChI=1S/C14H8ClF3N2O/c15-5-10-3-11(8-20-7-10)21-13-2-1-9(6-19)4-12(13)14(16,17)18/h1-4,7-8H,5H2. The summed E-state index contributed by atoms with van der Waals surface area (Å²) in [6.07, 6.45) is -1.85. The first-order valence-electron chi connectivity index (χ1n) is 5.73. The summed E-state index contributed by atoms with van der Waals surface area (Å²) in [5.74, 6) is -0.0812. The number of nitrogens with zero attached hydrogens (tertiary/aromatic N) is 2. The molecule has 0 atom stereocenters. The highest BCUT2D eigenvalue weighted by molar-refractivity contribution is 6.17. The van der Waals surface area contributed by atoms with E-state index in [-0.39, 0.29) is 17.2 Å². The topological polar surface area (TPSA) is 45.9 Å². The van der Waals surface area contributed by atoms with Crippen LogP contribution in [-0.4, -0.2) is 4.98 Å². The molecule has 0 aliphatic rings. The Balaban J connectivity index is 2.42. The van der Waals surface area contributed by atoms with Gasteiger partial charge in [0.05, 0.1) is 23.4 Å². The van der Waals surface area contributed by atoms with Crippen LogP contribution in [0.15, 0.2) is 36.7 Å². The second-order valence-corrected chi connectivity index (χ2v) is 4.35. The van der Waals surface area contributed by atoms with E-state index in [1.165, 1.54) is 24.5 Å². The van der Waals surface area contributed by atoms with E-state index in [4.69, 9.17) is 21.6 Å². The summed E-state index contributed by atoms with van der Waals surface area (Å²) in [6.45, 7) is 0. The van der Waals surface area contributed by atoms with E-state index in [1.54, 1.807) is 6.07 Å². The fourth-order valence-corrected chi connectivity index (χ4v) is 1.78. The molecule has 0 bridgehead atoms. The molecule has 0 saturated heterocycles. The summed E-state index contributed by atoms with van der Waals surface area (Å²) in [5, 5.41) is 8.69. The second-order valence-electron chi connectivity index (χ2n) is 4.09. The Kier molecular flexibility index (Phi) is 4.34. The van der Waals surface area contributed by atoms with Crippen molar-refractivity contribution in [3.8, 4) is 17.6 Å². The molecule has 2 rings (SSSR count). The third-order valence-corrected chi connectivity index (χ3v) is 2.87. The van der Waals surface area contributed by atoms with Crippen LogP contribution >= 0.6 is 11.6 Å². The van der Waals surface area contributed by atoms with E-state index < -0.39 is 17.5 Å². The Labute approximate surface area is 123 Å². The first kappa shape index (κ1) is 15.1. The van der Waals surface area contributed by atoms with Crippen molar-refractivity contribution < 1.29 is 17.9 Å². The summed E-state index contributed by atoms with van der Waals surface area (Å²) < 4.78 is 44.2. The van der Waals surface area contributed by atoms with Crippen molar-refractivity contribution in [1.82, 2.24) is 4.98 Å². The minimum Gasteiger partial charge on any atom is -0.455 e. The largest absolute Gasteiger partial charge is 0.455 e. The fourth-order valence-electron chi connectivity index (χ4n) is 1.63. The normalized spacial score (nSPS) is 11.0. The van der Waals surface area contributed by atoms with Crippen LogP contribution in [0.2, 0.25) is 0 Å². The van der Waals surface area contributed by atoms with Gasteiger partial charge in [-0.3, -0.25) is 4.98 Å². The van der Waals surface area contributed by atoms with Gasteiger partial charge in [0.2, 0.25) is 0 Å². The number of rotatable bonds is 3. The maximum Gasteiger partial charge on any atom is 0.420 e. The number of hydrogen-bond donors (Lipinski definition) is 0. The minimum atomic E-state index is -4.63. The van der Waals surface area contributed by atoms with Crippen molar-refractivity contribution in [2.75, 3.05) is 0 Å². The van der Waals surface area contributed by atoms with Crippen LogP contribution in [0.4, 0.5) is 13.2 Å². The SMILES string of the molecule is N#Cc1ccc(Oc2cncc(CCl)c2)c(C(F)(F)F)c1. The predicted octanol–water partition coefficient (Wildman–Crippen LogP) is 4.50. The van der Waals surface area contributed by atoms with Crippen molar-refractivity contribution in [2.45, 2.75) is 12.1 Å². The lowest BCUT2D eigenvalue weighted by molar-refractivity contribution is -0.138. The van der Waals surface area contributed by atoms with Crippen molar-refractivity contribution in [2.24, 2.45) is 0 Å². The lowest BCUT2D eigenvalue weighted by atomic mass is 10.1. The molecule has 0 amide bonds. The molecule has 0 aliphatic carbocycles. The molecule has 0 fully saturated rings. The van der Waals surface area contributed by atoms with Gasteiger partial charge in [-0.15, -0.1) is 11.6 Å². The fraction of sp³-hybridized carbons (Fsp3) is 0.143. The highest BCUT2D eigenvalue weighted by Crippen LogP contribution is 2.38. The monoisotopic (exact) mass is 312 g/mol. The van der Waals surface area contributed by atoms with Gasteiger partial charge in [0, 0.05) is 12.1 Å². The van der Waals surface area contributed by atoms with Crippen molar-refractivity contribution in [3.63, 3.8) is 0 Å². The van der Waals surface area contributed by atoms with E-state index in [0.29, 0.717) is 5.56 Å². The van der Waals surface area contributed by atoms with Crippen molar-refractivity contribution in [1.29, 1.82) is 5.26 Å². The van der Waals surface area contributed by atoms with E-state index in [2.05, 4.69) is 4.98 Å². The zero-order valence-corrected chi connectivity index (χ0v) is 11.2. The number of pyridine rings is 1. The molecule has 108 valence electrons. The van der Waals surface area contributed by atoms with E-state index >= 15 is 0 Å². The second kappa shape index (κ2) is 6.02. The number of benzene rings is 1. The third-order valence-electron chi connectivity index (χ3n) is 2.57. The summed E-state index contributed by atoms with van der Waals surface area (Å²) in [4.78, 5) is 3.83. The van der Waals surface area contributed by atoms with Gasteiger partial charge in [-0.2, -0.15) is 18.4 Å². The molecule has 21 heavy (non-hydrogen) atoms. The minimum absolute atomic E-state index is 0.0951. The molecular weight excluding hydrogens is 305 g/mol. The Morgan fingerprint density at radius 1 is 1.24 bits per heavy atom. The zero-order chi connectivity index (χ0) is 15.5. The number of aromatic nitrogens is 1. The maximum atomic E-state index is 13.0. The zero-order valence-electron chi connectivity index (χ0n) is 10.5. The van der Waals surface area contributed by atoms with E-state index in [9.17, 15) is 13.2 Å². The van der Waals surface area contributed by atoms with Crippen LogP contribution in [0.3, 0.4) is 0 Å². The molecule has 1 aromatic heterocycles. The molecular formula is C14H8ClF3N2O. The Bertz CT molecular complexity index is 695. The Hall–Kier alpha value is -2.26. The lowest BCUT2D eigenvalue weighted by Gasteiger charge is -2.14. The number of halogens is 4. The first-order chi connectivity index (χ1) is 9.94. The molecule has 2 aromatic rings. The quantitative estimate of drug-likeness (QED) is 0.784. The summed E-state index contributed by atoms with van der Waals surface area (Å²) in [7, 11) is 0. The molecule has 0 saturated carbocycles. The van der Waals surface area contributed by atoms with Gasteiger partial charge >= 0.3 is 6.18 Å².